The molecule has 6 nitrogen and oxygen atoms in total. The van der Waals surface area contributed by atoms with Crippen LogP contribution in [0.1, 0.15) is 96.8 Å². The van der Waals surface area contributed by atoms with Crippen LogP contribution in [0.3, 0.4) is 0 Å². The van der Waals surface area contributed by atoms with Gasteiger partial charge in [0.2, 0.25) is 0 Å². The minimum Gasteiger partial charge on any atom is -0.444 e. The first-order chi connectivity index (χ1) is 15.2. The highest BCUT2D eigenvalue weighted by molar-refractivity contribution is 5.93. The highest BCUT2D eigenvalue weighted by atomic mass is 16.6. The molecule has 0 radical (unpaired) electrons. The van der Waals surface area contributed by atoms with E-state index in [0.717, 1.165) is 34.9 Å². The number of ether oxygens (including phenoxy) is 2. The van der Waals surface area contributed by atoms with Crippen molar-refractivity contribution in [2.45, 2.75) is 98.2 Å². The van der Waals surface area contributed by atoms with Gasteiger partial charge in [0.25, 0.3) is 0 Å². The fourth-order valence-electron chi connectivity index (χ4n) is 4.48. The molecule has 2 aromatic rings. The van der Waals surface area contributed by atoms with Crippen molar-refractivity contribution in [2.75, 3.05) is 13.1 Å². The molecule has 182 valence electrons. The van der Waals surface area contributed by atoms with E-state index in [1.807, 2.05) is 52.6 Å². The van der Waals surface area contributed by atoms with Gasteiger partial charge in [0.15, 0.2) is 0 Å². The highest BCUT2D eigenvalue weighted by Gasteiger charge is 2.29. The number of aryl methyl sites for hydroxylation is 1. The Morgan fingerprint density at radius 1 is 0.939 bits per heavy atom. The number of aromatic nitrogens is 1. The monoisotopic (exact) mass is 456 g/mol. The summed E-state index contributed by atoms with van der Waals surface area (Å²) in [6, 6.07) is 4.37. The van der Waals surface area contributed by atoms with Crippen LogP contribution in [0.2, 0.25) is 0 Å². The molecule has 0 saturated carbocycles. The van der Waals surface area contributed by atoms with Gasteiger partial charge in [-0.15, -0.1) is 0 Å². The number of rotatable bonds is 2. The van der Waals surface area contributed by atoms with Gasteiger partial charge < -0.3 is 14.4 Å². The Bertz CT molecular complexity index is 1030. The maximum Gasteiger partial charge on any atom is 0.419 e. The summed E-state index contributed by atoms with van der Waals surface area (Å²) in [5.74, 6) is 0.652. The molecule has 0 aliphatic carbocycles. The maximum absolute atomic E-state index is 12.9. The number of likely N-dealkylation sites (tertiary alicyclic amines) is 1. The van der Waals surface area contributed by atoms with Crippen molar-refractivity contribution in [1.29, 1.82) is 0 Å². The second-order valence-corrected chi connectivity index (χ2v) is 11.6. The van der Waals surface area contributed by atoms with Gasteiger partial charge in [0.1, 0.15) is 11.2 Å². The zero-order valence-corrected chi connectivity index (χ0v) is 21.7. The van der Waals surface area contributed by atoms with Gasteiger partial charge >= 0.3 is 12.2 Å². The molecule has 6 heteroatoms. The van der Waals surface area contributed by atoms with Gasteiger partial charge in [-0.3, -0.25) is 4.57 Å². The van der Waals surface area contributed by atoms with Gasteiger partial charge in [0, 0.05) is 24.7 Å². The molecule has 33 heavy (non-hydrogen) atoms. The minimum absolute atomic E-state index is 0.232. The summed E-state index contributed by atoms with van der Waals surface area (Å²) in [7, 11) is 0. The van der Waals surface area contributed by atoms with Crippen molar-refractivity contribution in [3.05, 3.63) is 35.0 Å². The number of carbonyl (C=O) groups is 2. The molecule has 2 heterocycles. The lowest BCUT2D eigenvalue weighted by molar-refractivity contribution is 0.0204. The number of fused-ring (bicyclic) bond motifs is 1. The van der Waals surface area contributed by atoms with Crippen molar-refractivity contribution in [2.24, 2.45) is 0 Å². The summed E-state index contributed by atoms with van der Waals surface area (Å²) >= 11 is 0. The van der Waals surface area contributed by atoms with Crippen LogP contribution < -0.4 is 0 Å². The Hall–Kier alpha value is -2.50. The van der Waals surface area contributed by atoms with E-state index in [1.54, 1.807) is 4.57 Å². The lowest BCUT2D eigenvalue weighted by Gasteiger charge is -2.34. The first-order valence-electron chi connectivity index (χ1n) is 12.0. The van der Waals surface area contributed by atoms with Gasteiger partial charge in [-0.2, -0.15) is 0 Å². The Kier molecular flexibility index (Phi) is 6.88. The number of benzene rings is 1. The Labute approximate surface area is 198 Å². The van der Waals surface area contributed by atoms with Crippen LogP contribution >= 0.6 is 0 Å². The highest BCUT2D eigenvalue weighted by Crippen LogP contribution is 2.36. The summed E-state index contributed by atoms with van der Waals surface area (Å²) in [4.78, 5) is 27.2. The molecular formula is C27H40N2O4. The average Bonchev–Trinajstić information content (AvgIpc) is 3.03. The molecule has 1 aliphatic heterocycles. The summed E-state index contributed by atoms with van der Waals surface area (Å²) in [6.45, 7) is 19.1. The molecule has 1 aromatic heterocycles. The molecular weight excluding hydrogens is 416 g/mol. The number of amides is 1. The Morgan fingerprint density at radius 3 is 2.00 bits per heavy atom. The number of carbonyl (C=O) groups excluding carboxylic acids is 2. The smallest absolute Gasteiger partial charge is 0.419 e. The second-order valence-electron chi connectivity index (χ2n) is 11.6. The summed E-state index contributed by atoms with van der Waals surface area (Å²) in [5.41, 5.74) is 3.46. The van der Waals surface area contributed by atoms with Crippen molar-refractivity contribution in [3.8, 4) is 0 Å². The van der Waals surface area contributed by atoms with Gasteiger partial charge in [0.05, 0.1) is 5.52 Å². The number of hydrogen-bond acceptors (Lipinski definition) is 4. The quantitative estimate of drug-likeness (QED) is 0.489. The first kappa shape index (κ1) is 25.1. The van der Waals surface area contributed by atoms with Crippen LogP contribution in [0.5, 0.6) is 0 Å². The van der Waals surface area contributed by atoms with Gasteiger partial charge in [-0.05, 0) is 102 Å². The predicted molar refractivity (Wildman–Crippen MR) is 132 cm³/mol. The largest absolute Gasteiger partial charge is 0.444 e. The third-order valence-corrected chi connectivity index (χ3v) is 6.02. The van der Waals surface area contributed by atoms with Gasteiger partial charge in [-0.1, -0.05) is 13.8 Å². The summed E-state index contributed by atoms with van der Waals surface area (Å²) < 4.78 is 12.8. The molecule has 1 amide bonds. The van der Waals surface area contributed by atoms with E-state index < -0.39 is 11.2 Å². The topological polar surface area (TPSA) is 60.8 Å². The SMILES string of the molecule is Cc1cc2c(cc1C1CCN(C(=O)OC(C)(C)C)CC1)c(C(C)C)cn2C(=O)OC(C)(C)C. The van der Waals surface area contributed by atoms with Gasteiger partial charge in [-0.25, -0.2) is 9.59 Å². The first-order valence-corrected chi connectivity index (χ1v) is 12.0. The predicted octanol–water partition coefficient (Wildman–Crippen LogP) is 6.97. The van der Waals surface area contributed by atoms with Crippen LogP contribution in [-0.4, -0.2) is 45.9 Å². The molecule has 1 aromatic carbocycles. The molecule has 0 spiro atoms. The third-order valence-electron chi connectivity index (χ3n) is 6.02. The Morgan fingerprint density at radius 2 is 1.48 bits per heavy atom. The zero-order chi connectivity index (χ0) is 24.7. The summed E-state index contributed by atoms with van der Waals surface area (Å²) in [6.07, 6.45) is 3.14. The van der Waals surface area contributed by atoms with E-state index >= 15 is 0 Å². The van der Waals surface area contributed by atoms with Crippen LogP contribution in [0.15, 0.2) is 18.3 Å². The van der Waals surface area contributed by atoms with E-state index in [1.165, 1.54) is 5.56 Å². The van der Waals surface area contributed by atoms with Crippen LogP contribution in [-0.2, 0) is 9.47 Å². The molecule has 3 rings (SSSR count). The van der Waals surface area contributed by atoms with Crippen LogP contribution in [0.4, 0.5) is 9.59 Å². The van der Waals surface area contributed by atoms with E-state index in [4.69, 9.17) is 9.47 Å². The van der Waals surface area contributed by atoms with Crippen molar-refractivity contribution in [1.82, 2.24) is 9.47 Å². The molecule has 1 saturated heterocycles. The van der Waals surface area contributed by atoms with E-state index in [9.17, 15) is 9.59 Å². The molecule has 0 unspecified atom stereocenters. The number of hydrogen-bond donors (Lipinski definition) is 0. The lowest BCUT2D eigenvalue weighted by Crippen LogP contribution is -2.41. The lowest BCUT2D eigenvalue weighted by atomic mass is 9.85. The van der Waals surface area contributed by atoms with Crippen molar-refractivity contribution in [3.63, 3.8) is 0 Å². The number of piperidine rings is 1. The average molecular weight is 457 g/mol. The fourth-order valence-corrected chi connectivity index (χ4v) is 4.48. The van der Waals surface area contributed by atoms with E-state index in [-0.39, 0.29) is 18.1 Å². The maximum atomic E-state index is 12.9. The number of nitrogens with zero attached hydrogens (tertiary/aromatic N) is 2. The van der Waals surface area contributed by atoms with Crippen molar-refractivity contribution < 1.29 is 19.1 Å². The molecule has 0 atom stereocenters. The normalized spacial score (nSPS) is 15.9. The zero-order valence-electron chi connectivity index (χ0n) is 21.7. The Balaban J connectivity index is 1.89. The molecule has 0 N–H and O–H groups in total. The molecule has 0 bridgehead atoms. The third kappa shape index (κ3) is 5.90. The standard InChI is InChI=1S/C27H40N2O4/c1-17(2)22-16-29(25(31)33-27(7,8)9)23-14-18(3)20(15-21(22)23)19-10-12-28(13-11-19)24(30)32-26(4,5)6/h14-17,19H,10-13H2,1-9H3. The van der Waals surface area contributed by atoms with Crippen LogP contribution in [0, 0.1) is 6.92 Å². The minimum atomic E-state index is -0.553. The fraction of sp³-hybridized carbons (Fsp3) is 0.630. The van der Waals surface area contributed by atoms with E-state index in [2.05, 4.69) is 32.9 Å². The summed E-state index contributed by atoms with van der Waals surface area (Å²) in [5, 5.41) is 1.10. The molecule has 1 fully saturated rings. The van der Waals surface area contributed by atoms with Crippen molar-refractivity contribution >= 4 is 23.1 Å². The molecule has 1 aliphatic rings. The second kappa shape index (κ2) is 9.03. The van der Waals surface area contributed by atoms with Crippen LogP contribution in [0.25, 0.3) is 10.9 Å². The van der Waals surface area contributed by atoms with E-state index in [0.29, 0.717) is 19.0 Å².